The molecular weight excluding hydrogens is 847 g/mol. The number of carbonyl (C=O) groups excluding carboxylic acids is 3. The Morgan fingerprint density at radius 2 is 1.84 bits per heavy atom. The first-order chi connectivity index (χ1) is 28.5. The van der Waals surface area contributed by atoms with Crippen LogP contribution >= 0.6 is 11.6 Å². The summed E-state index contributed by atoms with van der Waals surface area (Å²) in [5, 5.41) is 14.5. The van der Waals surface area contributed by atoms with E-state index < -0.39 is 92.4 Å². The summed E-state index contributed by atoms with van der Waals surface area (Å²) >= 11 is 6.56. The Morgan fingerprint density at radius 1 is 1.13 bits per heavy atom. The van der Waals surface area contributed by atoms with E-state index in [4.69, 9.17) is 25.8 Å². The standard InChI is InChI=1S/C41H53ClF3N5O10S/c1-23-10-7-8-11-25-21-40(25,36(53)48-61(56,57)39(5)14-15-39)47-33(51)30-19-26(60-34-27-12-9-13-29(42)28(27)20-31(46-34)59-17-16-58-6)22-49(30)35(52)32(24(2)18-23)50(37(54)55)38(3,4)41(43,44)45/h8-9,11-13,20,23-26,30,32H,7,10,14-19,21-22H2,1-6H3,(H,47,51)(H,48,53)(H,54,55)/t23-,24+,25+,26+,30-,32-,40+/m0/s1. The number of hydrogen-bond donors (Lipinski definition) is 3. The fourth-order valence-corrected chi connectivity index (χ4v) is 9.86. The lowest BCUT2D eigenvalue weighted by Gasteiger charge is -2.45. The molecule has 0 unspecified atom stereocenters. The minimum absolute atomic E-state index is 0.000791. The van der Waals surface area contributed by atoms with Crippen molar-refractivity contribution < 1.29 is 60.1 Å². The number of sulfonamides is 1. The number of methoxy groups -OCH3 is 1. The number of ether oxygens (including phenoxy) is 3. The van der Waals surface area contributed by atoms with Crippen LogP contribution in [0.25, 0.3) is 10.8 Å². The van der Waals surface area contributed by atoms with Gasteiger partial charge in [-0.1, -0.05) is 43.7 Å². The minimum Gasteiger partial charge on any atom is -0.475 e. The van der Waals surface area contributed by atoms with Crippen molar-refractivity contribution in [1.82, 2.24) is 24.8 Å². The van der Waals surface area contributed by atoms with Crippen molar-refractivity contribution >= 4 is 56.2 Å². The molecule has 1 aromatic heterocycles. The maximum absolute atomic E-state index is 15.1. The first kappa shape index (κ1) is 46.2. The molecule has 3 N–H and O–H groups in total. The normalized spacial score (nSPS) is 28.1. The van der Waals surface area contributed by atoms with Crippen LogP contribution in [0.4, 0.5) is 18.0 Å². The monoisotopic (exact) mass is 899 g/mol. The van der Waals surface area contributed by atoms with E-state index in [1.54, 1.807) is 36.4 Å². The van der Waals surface area contributed by atoms with E-state index in [9.17, 15) is 41.1 Å². The van der Waals surface area contributed by atoms with E-state index in [0.29, 0.717) is 55.3 Å². The lowest BCUT2D eigenvalue weighted by molar-refractivity contribution is -0.222. The molecule has 3 heterocycles. The number of nitrogens with zero attached hydrogens (tertiary/aromatic N) is 3. The number of fused-ring (bicyclic) bond motifs is 3. The molecule has 2 aliphatic heterocycles. The largest absolute Gasteiger partial charge is 0.475 e. The van der Waals surface area contributed by atoms with Gasteiger partial charge in [0.1, 0.15) is 35.9 Å². The molecule has 61 heavy (non-hydrogen) atoms. The zero-order valence-electron chi connectivity index (χ0n) is 34.9. The first-order valence-electron chi connectivity index (χ1n) is 20.3. The van der Waals surface area contributed by atoms with Gasteiger partial charge in [-0.05, 0) is 83.3 Å². The Morgan fingerprint density at radius 3 is 2.48 bits per heavy atom. The second kappa shape index (κ2) is 17.1. The number of aromatic nitrogens is 1. The summed E-state index contributed by atoms with van der Waals surface area (Å²) in [6, 6.07) is 3.12. The number of alkyl halides is 3. The molecule has 4 amide bonds. The van der Waals surface area contributed by atoms with Gasteiger partial charge in [-0.3, -0.25) is 24.0 Å². The second-order valence-corrected chi connectivity index (χ2v) is 20.2. The predicted octanol–water partition coefficient (Wildman–Crippen LogP) is 5.84. The van der Waals surface area contributed by atoms with Crippen molar-refractivity contribution in [3.63, 3.8) is 0 Å². The minimum atomic E-state index is -5.12. The van der Waals surface area contributed by atoms with E-state index in [1.165, 1.54) is 21.0 Å². The zero-order chi connectivity index (χ0) is 44.9. The molecule has 2 aliphatic carbocycles. The summed E-state index contributed by atoms with van der Waals surface area (Å²) in [5.41, 5.74) is -4.81. The number of nitrogens with one attached hydrogen (secondary N) is 2. The molecule has 15 nitrogen and oxygen atoms in total. The molecule has 1 saturated heterocycles. The molecular formula is C41H53ClF3N5O10S. The number of amides is 4. The SMILES string of the molecule is COCCOc1cc2c(Cl)cccc2c(O[C@@H]2C[C@H]3C(=O)N[C@]4(C(=O)NS(=O)(=O)C5(C)CC5)C[C@H]4C=CCC[C@H](C)C[C@@H](C)[C@H](N(C(=O)O)C(C)(C)C(F)(F)F)C(=O)N3C2)n1. The quantitative estimate of drug-likeness (QED) is 0.181. The van der Waals surface area contributed by atoms with Gasteiger partial charge in [-0.2, -0.15) is 18.2 Å². The molecule has 20 heteroatoms. The molecule has 0 spiro atoms. The van der Waals surface area contributed by atoms with Crippen molar-refractivity contribution in [2.24, 2.45) is 17.8 Å². The molecule has 3 fully saturated rings. The third-order valence-electron chi connectivity index (χ3n) is 12.6. The highest BCUT2D eigenvalue weighted by molar-refractivity contribution is 7.91. The van der Waals surface area contributed by atoms with Crippen LogP contribution in [0.5, 0.6) is 11.8 Å². The van der Waals surface area contributed by atoms with Gasteiger partial charge in [0.05, 0.1) is 17.9 Å². The molecule has 6 rings (SSSR count). The van der Waals surface area contributed by atoms with Gasteiger partial charge in [0, 0.05) is 41.3 Å². The maximum Gasteiger partial charge on any atom is 0.411 e. The third kappa shape index (κ3) is 9.24. The average molecular weight is 900 g/mol. The topological polar surface area (TPSA) is 194 Å². The van der Waals surface area contributed by atoms with Crippen molar-refractivity contribution in [2.75, 3.05) is 26.9 Å². The molecule has 0 radical (unpaired) electrons. The fourth-order valence-electron chi connectivity index (χ4n) is 8.32. The van der Waals surface area contributed by atoms with Crippen molar-refractivity contribution in [2.45, 2.75) is 120 Å². The highest BCUT2D eigenvalue weighted by Crippen LogP contribution is 2.48. The van der Waals surface area contributed by atoms with Crippen molar-refractivity contribution in [1.29, 1.82) is 0 Å². The molecule has 2 saturated carbocycles. The van der Waals surface area contributed by atoms with Crippen LogP contribution in [0.2, 0.25) is 5.02 Å². The number of benzene rings is 1. The first-order valence-corrected chi connectivity index (χ1v) is 22.1. The van der Waals surface area contributed by atoms with Crippen LogP contribution in [0.3, 0.4) is 0 Å². The highest BCUT2D eigenvalue weighted by atomic mass is 35.5. The van der Waals surface area contributed by atoms with E-state index in [0.717, 1.165) is 4.90 Å². The van der Waals surface area contributed by atoms with Crippen molar-refractivity contribution in [3.8, 4) is 11.8 Å². The summed E-state index contributed by atoms with van der Waals surface area (Å²) in [6.45, 7) is 6.15. The van der Waals surface area contributed by atoms with Gasteiger partial charge in [-0.15, -0.1) is 0 Å². The number of rotatable bonds is 11. The summed E-state index contributed by atoms with van der Waals surface area (Å²) in [5.74, 6) is -4.66. The second-order valence-electron chi connectivity index (χ2n) is 17.6. The third-order valence-corrected chi connectivity index (χ3v) is 15.1. The molecule has 4 aliphatic rings. The predicted molar refractivity (Wildman–Crippen MR) is 217 cm³/mol. The van der Waals surface area contributed by atoms with Crippen LogP contribution in [-0.2, 0) is 29.1 Å². The Labute approximate surface area is 357 Å². The Kier molecular flexibility index (Phi) is 12.9. The number of carbonyl (C=O) groups is 4. The Bertz CT molecular complexity index is 2190. The van der Waals surface area contributed by atoms with Gasteiger partial charge < -0.3 is 29.5 Å². The van der Waals surface area contributed by atoms with E-state index in [2.05, 4.69) is 15.0 Å². The zero-order valence-corrected chi connectivity index (χ0v) is 36.5. The number of carboxylic acid groups (broad SMARTS) is 1. The fraction of sp³-hybridized carbons (Fsp3) is 0.634. The average Bonchev–Trinajstić information content (AvgIpc) is 4.05. The Balaban J connectivity index is 1.44. The Hall–Kier alpha value is -4.36. The molecule has 336 valence electrons. The number of pyridine rings is 1. The summed E-state index contributed by atoms with van der Waals surface area (Å²) in [4.78, 5) is 62.4. The number of hydrogen-bond acceptors (Lipinski definition) is 10. The lowest BCUT2D eigenvalue weighted by atomic mass is 9.85. The molecule has 1 aromatic carbocycles. The van der Waals surface area contributed by atoms with Crippen LogP contribution in [0.1, 0.15) is 79.6 Å². The summed E-state index contributed by atoms with van der Waals surface area (Å²) < 4.78 is 89.1. The van der Waals surface area contributed by atoms with E-state index in [-0.39, 0.29) is 55.1 Å². The summed E-state index contributed by atoms with van der Waals surface area (Å²) in [7, 11) is -2.65. The van der Waals surface area contributed by atoms with E-state index in [1.807, 2.05) is 6.92 Å². The number of allylic oxidation sites excluding steroid dienone is 1. The molecule has 7 atom stereocenters. The van der Waals surface area contributed by atoms with Crippen molar-refractivity contribution in [3.05, 3.63) is 41.4 Å². The van der Waals surface area contributed by atoms with Crippen LogP contribution < -0.4 is 19.5 Å². The van der Waals surface area contributed by atoms with Gasteiger partial charge in [0.2, 0.25) is 33.6 Å². The lowest BCUT2D eigenvalue weighted by Crippen LogP contribution is -2.66. The van der Waals surface area contributed by atoms with E-state index >= 15 is 4.79 Å². The van der Waals surface area contributed by atoms with Gasteiger partial charge in [-0.25, -0.2) is 13.2 Å². The summed E-state index contributed by atoms with van der Waals surface area (Å²) in [6.07, 6.45) is -3.14. The molecule has 0 bridgehead atoms. The smallest absolute Gasteiger partial charge is 0.411 e. The highest BCUT2D eigenvalue weighted by Gasteiger charge is 2.64. The van der Waals surface area contributed by atoms with Crippen LogP contribution in [0.15, 0.2) is 36.4 Å². The van der Waals surface area contributed by atoms with Gasteiger partial charge >= 0.3 is 12.3 Å². The van der Waals surface area contributed by atoms with Crippen LogP contribution in [0, 0.1) is 17.8 Å². The number of halogens is 4. The van der Waals surface area contributed by atoms with Gasteiger partial charge in [0.15, 0.2) is 0 Å². The van der Waals surface area contributed by atoms with Gasteiger partial charge in [0.25, 0.3) is 5.91 Å². The van der Waals surface area contributed by atoms with Crippen LogP contribution in [-0.4, -0.2) is 119 Å². The molecule has 2 aromatic rings. The maximum atomic E-state index is 15.1.